The van der Waals surface area contributed by atoms with E-state index in [0.29, 0.717) is 47.2 Å². The van der Waals surface area contributed by atoms with Gasteiger partial charge in [-0.2, -0.15) is 0 Å². The van der Waals surface area contributed by atoms with Crippen LogP contribution in [0.15, 0.2) is 0 Å². The van der Waals surface area contributed by atoms with Crippen LogP contribution in [0, 0.1) is 46.3 Å². The first-order valence-electron chi connectivity index (χ1n) is 12.5. The van der Waals surface area contributed by atoms with E-state index >= 15 is 0 Å². The van der Waals surface area contributed by atoms with Gasteiger partial charge in [-0.15, -0.1) is 0 Å². The summed E-state index contributed by atoms with van der Waals surface area (Å²) in [5, 5.41) is 9.17. The Balaban J connectivity index is 1.57. The molecule has 0 heterocycles. The smallest absolute Gasteiger partial charge is 0.303 e. The van der Waals surface area contributed by atoms with Gasteiger partial charge in [0.2, 0.25) is 0 Å². The van der Waals surface area contributed by atoms with E-state index in [1.165, 1.54) is 51.4 Å². The molecule has 1 N–H and O–H groups in total. The van der Waals surface area contributed by atoms with Gasteiger partial charge < -0.3 is 14.6 Å². The molecule has 0 aromatic rings. The van der Waals surface area contributed by atoms with Crippen LogP contribution < -0.4 is 0 Å². The minimum atomic E-state index is -0.650. The third kappa shape index (κ3) is 3.54. The predicted octanol–water partition coefficient (Wildman–Crippen LogP) is 5.79. The first kappa shape index (κ1) is 22.6. The van der Waals surface area contributed by atoms with Crippen LogP contribution in [-0.4, -0.2) is 37.5 Å². The molecule has 4 fully saturated rings. The summed E-state index contributed by atoms with van der Waals surface area (Å²) in [6.45, 7) is 7.45. The summed E-state index contributed by atoms with van der Waals surface area (Å²) in [6.07, 6.45) is 12.1. The Morgan fingerprint density at radius 2 is 1.70 bits per heavy atom. The summed E-state index contributed by atoms with van der Waals surface area (Å²) in [5.41, 5.74) is 0.784. The van der Waals surface area contributed by atoms with Gasteiger partial charge in [-0.3, -0.25) is 4.79 Å². The van der Waals surface area contributed by atoms with Crippen LogP contribution >= 0.6 is 0 Å². The van der Waals surface area contributed by atoms with Gasteiger partial charge in [0.1, 0.15) is 0 Å². The lowest BCUT2D eigenvalue weighted by molar-refractivity contribution is -0.183. The average Bonchev–Trinajstić information content (AvgIpc) is 3.08. The minimum Gasteiger partial charge on any atom is -0.481 e. The Morgan fingerprint density at radius 1 is 1.00 bits per heavy atom. The van der Waals surface area contributed by atoms with E-state index in [9.17, 15) is 9.90 Å². The fourth-order valence-electron chi connectivity index (χ4n) is 9.15. The van der Waals surface area contributed by atoms with Gasteiger partial charge >= 0.3 is 5.97 Å². The molecule has 10 atom stereocenters. The summed E-state index contributed by atoms with van der Waals surface area (Å²) < 4.78 is 12.0. The molecule has 4 rings (SSSR count). The van der Waals surface area contributed by atoms with Crippen molar-refractivity contribution in [2.45, 2.75) is 97.2 Å². The average molecular weight is 421 g/mol. The molecular weight excluding hydrogens is 376 g/mol. The van der Waals surface area contributed by atoms with Crippen molar-refractivity contribution in [2.24, 2.45) is 46.3 Å². The van der Waals surface area contributed by atoms with Gasteiger partial charge in [0.25, 0.3) is 0 Å². The van der Waals surface area contributed by atoms with Crippen LogP contribution in [0.5, 0.6) is 0 Å². The highest BCUT2D eigenvalue weighted by molar-refractivity contribution is 5.66. The number of carbonyl (C=O) groups is 1. The number of carboxylic acid groups (broad SMARTS) is 1. The maximum Gasteiger partial charge on any atom is 0.303 e. The fourth-order valence-corrected chi connectivity index (χ4v) is 9.15. The number of ether oxygens (including phenoxy) is 2. The molecule has 0 aromatic heterocycles. The molecular formula is C26H44O4. The number of hydrogen-bond acceptors (Lipinski definition) is 3. The minimum absolute atomic E-state index is 0.311. The molecule has 4 heteroatoms. The van der Waals surface area contributed by atoms with Crippen LogP contribution in [0.2, 0.25) is 0 Å². The van der Waals surface area contributed by atoms with Crippen molar-refractivity contribution in [3.63, 3.8) is 0 Å². The van der Waals surface area contributed by atoms with Crippen LogP contribution in [0.3, 0.4) is 0 Å². The predicted molar refractivity (Wildman–Crippen MR) is 118 cm³/mol. The van der Waals surface area contributed by atoms with Crippen molar-refractivity contribution in [1.82, 2.24) is 0 Å². The second-order valence-corrected chi connectivity index (χ2v) is 11.8. The number of aliphatic carboxylic acids is 1. The number of methoxy groups -OCH3 is 2. The molecule has 172 valence electrons. The summed E-state index contributed by atoms with van der Waals surface area (Å²) >= 11 is 0. The van der Waals surface area contributed by atoms with E-state index in [0.717, 1.165) is 24.2 Å². The third-order valence-electron chi connectivity index (χ3n) is 10.8. The maximum atomic E-state index is 11.1. The summed E-state index contributed by atoms with van der Waals surface area (Å²) in [7, 11) is 3.82. The van der Waals surface area contributed by atoms with Crippen molar-refractivity contribution in [3.8, 4) is 0 Å². The zero-order chi connectivity index (χ0) is 21.7. The Hall–Kier alpha value is -0.610. The Bertz CT molecular complexity index is 635. The highest BCUT2D eigenvalue weighted by atomic mass is 16.5. The van der Waals surface area contributed by atoms with Gasteiger partial charge in [0, 0.05) is 20.6 Å². The van der Waals surface area contributed by atoms with E-state index < -0.39 is 5.97 Å². The fraction of sp³-hybridized carbons (Fsp3) is 0.962. The van der Waals surface area contributed by atoms with Crippen molar-refractivity contribution in [2.75, 3.05) is 14.2 Å². The third-order valence-corrected chi connectivity index (χ3v) is 10.8. The van der Waals surface area contributed by atoms with Crippen molar-refractivity contribution in [1.29, 1.82) is 0 Å². The second kappa shape index (κ2) is 8.39. The Labute approximate surface area is 183 Å². The molecule has 0 aromatic carbocycles. The van der Waals surface area contributed by atoms with E-state index in [1.54, 1.807) is 0 Å². The first-order valence-corrected chi connectivity index (χ1v) is 12.5. The molecule has 4 aliphatic carbocycles. The van der Waals surface area contributed by atoms with Crippen LogP contribution in [0.4, 0.5) is 0 Å². The first-order chi connectivity index (χ1) is 14.2. The molecule has 0 aliphatic heterocycles. The number of carboxylic acids is 1. The zero-order valence-corrected chi connectivity index (χ0v) is 19.9. The molecule has 4 aliphatic rings. The molecule has 4 saturated carbocycles. The van der Waals surface area contributed by atoms with Gasteiger partial charge in [-0.1, -0.05) is 20.8 Å². The van der Waals surface area contributed by atoms with Crippen molar-refractivity contribution in [3.05, 3.63) is 0 Å². The summed E-state index contributed by atoms with van der Waals surface area (Å²) in [4.78, 5) is 11.1. The van der Waals surface area contributed by atoms with Crippen LogP contribution in [0.25, 0.3) is 0 Å². The van der Waals surface area contributed by atoms with Gasteiger partial charge in [0.05, 0.1) is 12.2 Å². The van der Waals surface area contributed by atoms with Crippen molar-refractivity contribution < 1.29 is 19.4 Å². The zero-order valence-electron chi connectivity index (χ0n) is 19.9. The SMILES string of the molecule is COC1CCC2(C)C(C1)CC(OC)C1C2CCC2(C)C(C(C)CCC(=O)O)CCC12. The quantitative estimate of drug-likeness (QED) is 0.591. The Kier molecular flexibility index (Phi) is 6.31. The second-order valence-electron chi connectivity index (χ2n) is 11.8. The van der Waals surface area contributed by atoms with Crippen molar-refractivity contribution >= 4 is 5.97 Å². The molecule has 0 saturated heterocycles. The number of hydrogen-bond donors (Lipinski definition) is 1. The van der Waals surface area contributed by atoms with Crippen LogP contribution in [-0.2, 0) is 14.3 Å². The maximum absolute atomic E-state index is 11.1. The lowest BCUT2D eigenvalue weighted by Crippen LogP contribution is -2.59. The van der Waals surface area contributed by atoms with E-state index in [2.05, 4.69) is 20.8 Å². The van der Waals surface area contributed by atoms with E-state index in [-0.39, 0.29) is 0 Å². The normalized spacial score (nSPS) is 49.0. The highest BCUT2D eigenvalue weighted by Gasteiger charge is 2.63. The molecule has 0 radical (unpaired) electrons. The van der Waals surface area contributed by atoms with Crippen LogP contribution in [0.1, 0.15) is 85.0 Å². The number of fused-ring (bicyclic) bond motifs is 5. The van der Waals surface area contributed by atoms with Gasteiger partial charge in [-0.05, 0) is 104 Å². The molecule has 4 nitrogen and oxygen atoms in total. The van der Waals surface area contributed by atoms with E-state index in [4.69, 9.17) is 9.47 Å². The topological polar surface area (TPSA) is 55.8 Å². The molecule has 0 amide bonds. The van der Waals surface area contributed by atoms with Gasteiger partial charge in [0.15, 0.2) is 0 Å². The molecule has 0 spiro atoms. The van der Waals surface area contributed by atoms with E-state index in [1.807, 2.05) is 14.2 Å². The van der Waals surface area contributed by atoms with Gasteiger partial charge in [-0.25, -0.2) is 0 Å². The largest absolute Gasteiger partial charge is 0.481 e. The summed E-state index contributed by atoms with van der Waals surface area (Å²) in [5.74, 6) is 3.40. The molecule has 10 unspecified atom stereocenters. The Morgan fingerprint density at radius 3 is 2.37 bits per heavy atom. The monoisotopic (exact) mass is 420 g/mol. The highest BCUT2D eigenvalue weighted by Crippen LogP contribution is 2.68. The molecule has 30 heavy (non-hydrogen) atoms. The standard InChI is InChI=1S/C26H44O4/c1-16(6-9-23(27)28)19-7-8-20-24-21(11-13-26(19,20)3)25(2)12-10-18(29-4)14-17(25)15-22(24)30-5/h16-22,24H,6-15H2,1-5H3,(H,27,28). The lowest BCUT2D eigenvalue weighted by Gasteiger charge is -2.63. The number of rotatable bonds is 6. The lowest BCUT2D eigenvalue weighted by atomic mass is 9.43. The summed E-state index contributed by atoms with van der Waals surface area (Å²) in [6, 6.07) is 0. The molecule has 0 bridgehead atoms.